The Morgan fingerprint density at radius 3 is 2.48 bits per heavy atom. The summed E-state index contributed by atoms with van der Waals surface area (Å²) in [6.07, 6.45) is 1.79. The number of nitrogens with two attached hydrogens (primary N) is 1. The van der Waals surface area contributed by atoms with Crippen molar-refractivity contribution in [3.63, 3.8) is 0 Å². The Hall–Kier alpha value is -1.11. The van der Waals surface area contributed by atoms with Crippen LogP contribution in [-0.4, -0.2) is 50.3 Å². The number of sulfonamides is 1. The van der Waals surface area contributed by atoms with Crippen LogP contribution in [0.15, 0.2) is 24.3 Å². The van der Waals surface area contributed by atoms with Gasteiger partial charge in [0.2, 0.25) is 10.0 Å². The van der Waals surface area contributed by atoms with Crippen LogP contribution < -0.4 is 5.73 Å². The molecular weight excluding hydrogens is 286 g/mol. The molecule has 118 valence electrons. The molecule has 0 atom stereocenters. The molecule has 0 saturated carbocycles. The first-order valence-electron chi connectivity index (χ1n) is 7.45. The molecule has 0 spiro atoms. The minimum atomic E-state index is -3.32. The minimum absolute atomic E-state index is 0.0236. The van der Waals surface area contributed by atoms with Crippen LogP contribution in [0.1, 0.15) is 25.3 Å². The molecule has 1 aliphatic rings. The van der Waals surface area contributed by atoms with Crippen molar-refractivity contribution in [2.45, 2.75) is 31.6 Å². The van der Waals surface area contributed by atoms with E-state index in [4.69, 9.17) is 5.73 Å². The molecule has 1 aliphatic heterocycles. The maximum absolute atomic E-state index is 12.6. The Morgan fingerprint density at radius 1 is 1.29 bits per heavy atom. The summed E-state index contributed by atoms with van der Waals surface area (Å²) in [5.41, 5.74) is 7.07. The van der Waals surface area contributed by atoms with Crippen LogP contribution in [0.3, 0.4) is 0 Å². The first-order valence-corrected chi connectivity index (χ1v) is 9.06. The van der Waals surface area contributed by atoms with Crippen molar-refractivity contribution in [3.05, 3.63) is 29.8 Å². The number of anilines is 1. The van der Waals surface area contributed by atoms with Crippen LogP contribution in [-0.2, 0) is 15.8 Å². The predicted octanol–water partition coefficient (Wildman–Crippen LogP) is 1.51. The predicted molar refractivity (Wildman–Crippen MR) is 86.4 cm³/mol. The lowest BCUT2D eigenvalue weighted by atomic mass is 10.1. The third-order valence-electron chi connectivity index (χ3n) is 4.35. The molecule has 2 rings (SSSR count). The second-order valence-electron chi connectivity index (χ2n) is 5.64. The summed E-state index contributed by atoms with van der Waals surface area (Å²) < 4.78 is 26.7. The maximum Gasteiger partial charge on any atom is 0.218 e. The van der Waals surface area contributed by atoms with Gasteiger partial charge >= 0.3 is 0 Å². The number of piperidine rings is 1. The van der Waals surface area contributed by atoms with E-state index in [2.05, 4.69) is 11.8 Å². The van der Waals surface area contributed by atoms with Gasteiger partial charge in [0.25, 0.3) is 0 Å². The standard InChI is InChI=1S/C15H25N3O2S/c1-3-18-10-8-14(9-11-18)17(2)21(19,20)12-13-6-4-5-7-15(13)16/h4-7,14H,3,8-12,16H2,1-2H3. The molecule has 1 aromatic rings. The summed E-state index contributed by atoms with van der Waals surface area (Å²) in [5.74, 6) is -0.0236. The SMILES string of the molecule is CCN1CCC(N(C)S(=O)(=O)Cc2ccccc2N)CC1. The van der Waals surface area contributed by atoms with Gasteiger partial charge in [0, 0.05) is 18.8 Å². The Bertz CT molecular complexity index is 566. The fourth-order valence-electron chi connectivity index (χ4n) is 2.79. The van der Waals surface area contributed by atoms with Crippen LogP contribution in [0.25, 0.3) is 0 Å². The van der Waals surface area contributed by atoms with E-state index in [1.807, 2.05) is 12.1 Å². The van der Waals surface area contributed by atoms with E-state index in [1.54, 1.807) is 23.5 Å². The molecular formula is C15H25N3O2S. The van der Waals surface area contributed by atoms with E-state index < -0.39 is 10.0 Å². The highest BCUT2D eigenvalue weighted by Gasteiger charge is 2.29. The molecule has 0 radical (unpaired) electrons. The van der Waals surface area contributed by atoms with Crippen molar-refractivity contribution < 1.29 is 8.42 Å². The molecule has 0 unspecified atom stereocenters. The lowest BCUT2D eigenvalue weighted by molar-refractivity contribution is 0.176. The zero-order chi connectivity index (χ0) is 15.5. The van der Waals surface area contributed by atoms with E-state index in [9.17, 15) is 8.42 Å². The van der Waals surface area contributed by atoms with Crippen molar-refractivity contribution >= 4 is 15.7 Å². The minimum Gasteiger partial charge on any atom is -0.398 e. The highest BCUT2D eigenvalue weighted by molar-refractivity contribution is 7.88. The molecule has 6 heteroatoms. The number of benzene rings is 1. The smallest absolute Gasteiger partial charge is 0.218 e. The van der Waals surface area contributed by atoms with Crippen LogP contribution in [0.5, 0.6) is 0 Å². The van der Waals surface area contributed by atoms with Gasteiger partial charge in [-0.05, 0) is 44.1 Å². The molecule has 0 aromatic heterocycles. The van der Waals surface area contributed by atoms with E-state index >= 15 is 0 Å². The van der Waals surface area contributed by atoms with Gasteiger partial charge in [0.1, 0.15) is 0 Å². The van der Waals surface area contributed by atoms with Crippen LogP contribution in [0, 0.1) is 0 Å². The molecule has 21 heavy (non-hydrogen) atoms. The highest BCUT2D eigenvalue weighted by atomic mass is 32.2. The average Bonchev–Trinajstić information content (AvgIpc) is 2.49. The van der Waals surface area contributed by atoms with Gasteiger partial charge in [-0.25, -0.2) is 12.7 Å². The molecule has 1 heterocycles. The number of nitrogen functional groups attached to an aromatic ring is 1. The Kier molecular flexibility index (Phi) is 5.24. The van der Waals surface area contributed by atoms with E-state index in [1.165, 1.54) is 0 Å². The Balaban J connectivity index is 2.04. The number of hydrogen-bond donors (Lipinski definition) is 1. The van der Waals surface area contributed by atoms with Crippen molar-refractivity contribution in [2.24, 2.45) is 0 Å². The maximum atomic E-state index is 12.6. The quantitative estimate of drug-likeness (QED) is 0.837. The van der Waals surface area contributed by atoms with Gasteiger partial charge in [-0.15, -0.1) is 0 Å². The van der Waals surface area contributed by atoms with E-state index in [0.29, 0.717) is 11.3 Å². The van der Waals surface area contributed by atoms with Crippen molar-refractivity contribution in [1.82, 2.24) is 9.21 Å². The van der Waals surface area contributed by atoms with E-state index in [-0.39, 0.29) is 11.8 Å². The van der Waals surface area contributed by atoms with Gasteiger partial charge in [-0.3, -0.25) is 0 Å². The first-order chi connectivity index (χ1) is 9.94. The summed E-state index contributed by atoms with van der Waals surface area (Å²) in [4.78, 5) is 2.35. The van der Waals surface area contributed by atoms with Crippen LogP contribution in [0.2, 0.25) is 0 Å². The van der Waals surface area contributed by atoms with Crippen molar-refractivity contribution in [2.75, 3.05) is 32.4 Å². The summed E-state index contributed by atoms with van der Waals surface area (Å²) >= 11 is 0. The summed E-state index contributed by atoms with van der Waals surface area (Å²) in [5, 5.41) is 0. The third-order valence-corrected chi connectivity index (χ3v) is 6.20. The summed E-state index contributed by atoms with van der Waals surface area (Å²) in [6, 6.07) is 7.25. The third kappa shape index (κ3) is 3.96. The Morgan fingerprint density at radius 2 is 1.90 bits per heavy atom. The van der Waals surface area contributed by atoms with Gasteiger partial charge in [-0.2, -0.15) is 0 Å². The van der Waals surface area contributed by atoms with Gasteiger partial charge in [-0.1, -0.05) is 25.1 Å². The number of likely N-dealkylation sites (tertiary alicyclic amines) is 1. The van der Waals surface area contributed by atoms with Gasteiger partial charge in [0.05, 0.1) is 5.75 Å². The second kappa shape index (κ2) is 6.77. The molecule has 2 N–H and O–H groups in total. The van der Waals surface area contributed by atoms with Crippen molar-refractivity contribution in [3.8, 4) is 0 Å². The van der Waals surface area contributed by atoms with Crippen LogP contribution >= 0.6 is 0 Å². The van der Waals surface area contributed by atoms with Crippen molar-refractivity contribution in [1.29, 1.82) is 0 Å². The average molecular weight is 311 g/mol. The zero-order valence-electron chi connectivity index (χ0n) is 12.8. The number of hydrogen-bond acceptors (Lipinski definition) is 4. The highest BCUT2D eigenvalue weighted by Crippen LogP contribution is 2.22. The monoisotopic (exact) mass is 311 g/mol. The molecule has 0 aliphatic carbocycles. The van der Waals surface area contributed by atoms with Crippen LogP contribution in [0.4, 0.5) is 5.69 Å². The number of para-hydroxylation sites is 1. The molecule has 0 bridgehead atoms. The number of nitrogens with zero attached hydrogens (tertiary/aromatic N) is 2. The molecule has 1 aromatic carbocycles. The normalized spacial score (nSPS) is 18.2. The topological polar surface area (TPSA) is 66.6 Å². The molecule has 1 saturated heterocycles. The second-order valence-corrected chi connectivity index (χ2v) is 7.67. The zero-order valence-corrected chi connectivity index (χ0v) is 13.6. The summed E-state index contributed by atoms with van der Waals surface area (Å²) in [6.45, 7) is 5.10. The molecule has 5 nitrogen and oxygen atoms in total. The largest absolute Gasteiger partial charge is 0.398 e. The lowest BCUT2D eigenvalue weighted by Gasteiger charge is -2.35. The number of rotatable bonds is 5. The Labute approximate surface area is 127 Å². The molecule has 1 fully saturated rings. The fraction of sp³-hybridized carbons (Fsp3) is 0.600. The van der Waals surface area contributed by atoms with Gasteiger partial charge < -0.3 is 10.6 Å². The van der Waals surface area contributed by atoms with E-state index in [0.717, 1.165) is 32.5 Å². The fourth-order valence-corrected chi connectivity index (χ4v) is 4.31. The van der Waals surface area contributed by atoms with Gasteiger partial charge in [0.15, 0.2) is 0 Å². The molecule has 0 amide bonds. The first kappa shape index (κ1) is 16.3. The summed E-state index contributed by atoms with van der Waals surface area (Å²) in [7, 11) is -1.63. The lowest BCUT2D eigenvalue weighted by Crippen LogP contribution is -2.45.